The number of aromatic nitrogens is 2. The number of nitrogens with zero attached hydrogens (tertiary/aromatic N) is 2. The molecule has 0 spiro atoms. The lowest BCUT2D eigenvalue weighted by molar-refractivity contribution is -0.123. The molecule has 1 saturated carbocycles. The van der Waals surface area contributed by atoms with Crippen molar-refractivity contribution in [2.45, 2.75) is 18.9 Å². The van der Waals surface area contributed by atoms with E-state index in [1.165, 1.54) is 12.1 Å². The molecule has 0 bridgehead atoms. The second-order valence-electron chi connectivity index (χ2n) is 6.37. The van der Waals surface area contributed by atoms with Gasteiger partial charge < -0.3 is 9.88 Å². The number of hydrogen-bond acceptors (Lipinski definition) is 2. The van der Waals surface area contributed by atoms with Gasteiger partial charge in [0.05, 0.1) is 18.2 Å². The number of carbonyl (C=O) groups is 1. The Kier molecular flexibility index (Phi) is 4.06. The molecular formula is C20H18FN3O. The summed E-state index contributed by atoms with van der Waals surface area (Å²) in [6, 6.07) is 16.2. The van der Waals surface area contributed by atoms with Gasteiger partial charge in [-0.25, -0.2) is 9.37 Å². The first-order chi connectivity index (χ1) is 12.2. The van der Waals surface area contributed by atoms with Gasteiger partial charge in [-0.2, -0.15) is 0 Å². The van der Waals surface area contributed by atoms with Crippen LogP contribution in [0.25, 0.3) is 11.3 Å². The lowest BCUT2D eigenvalue weighted by Crippen LogP contribution is -2.35. The molecule has 1 N–H and O–H groups in total. The Morgan fingerprint density at radius 3 is 2.52 bits per heavy atom. The summed E-state index contributed by atoms with van der Waals surface area (Å²) < 4.78 is 15.1. The van der Waals surface area contributed by atoms with E-state index in [4.69, 9.17) is 0 Å². The molecule has 0 unspecified atom stereocenters. The minimum absolute atomic E-state index is 0.00997. The maximum atomic E-state index is 12.9. The average Bonchev–Trinajstić information content (AvgIpc) is 3.06. The SMILES string of the molecule is O=C(Nc1ccc(F)cc1)C1CC(n2cncc2-c2ccccc2)C1. The summed E-state index contributed by atoms with van der Waals surface area (Å²) >= 11 is 0. The molecule has 1 aliphatic carbocycles. The minimum Gasteiger partial charge on any atom is -0.327 e. The fourth-order valence-corrected chi connectivity index (χ4v) is 3.23. The molecule has 0 atom stereocenters. The maximum Gasteiger partial charge on any atom is 0.227 e. The fraction of sp³-hybridized carbons (Fsp3) is 0.200. The van der Waals surface area contributed by atoms with E-state index in [9.17, 15) is 9.18 Å². The van der Waals surface area contributed by atoms with E-state index >= 15 is 0 Å². The Hall–Kier alpha value is -2.95. The van der Waals surface area contributed by atoms with Crippen molar-refractivity contribution in [2.24, 2.45) is 5.92 Å². The minimum atomic E-state index is -0.310. The van der Waals surface area contributed by atoms with Crippen LogP contribution < -0.4 is 5.32 Å². The van der Waals surface area contributed by atoms with Crippen LogP contribution in [0.4, 0.5) is 10.1 Å². The summed E-state index contributed by atoms with van der Waals surface area (Å²) in [7, 11) is 0. The van der Waals surface area contributed by atoms with E-state index in [1.54, 1.807) is 12.1 Å². The van der Waals surface area contributed by atoms with Crippen LogP contribution in [0.1, 0.15) is 18.9 Å². The van der Waals surface area contributed by atoms with Gasteiger partial charge in [0.1, 0.15) is 5.82 Å². The molecule has 2 aromatic carbocycles. The Labute approximate surface area is 145 Å². The summed E-state index contributed by atoms with van der Waals surface area (Å²) in [5, 5.41) is 2.85. The summed E-state index contributed by atoms with van der Waals surface area (Å²) in [6.07, 6.45) is 5.26. The molecule has 5 heteroatoms. The number of imidazole rings is 1. The van der Waals surface area contributed by atoms with Crippen molar-refractivity contribution < 1.29 is 9.18 Å². The van der Waals surface area contributed by atoms with E-state index < -0.39 is 0 Å². The zero-order chi connectivity index (χ0) is 17.2. The highest BCUT2D eigenvalue weighted by atomic mass is 19.1. The number of hydrogen-bond donors (Lipinski definition) is 1. The van der Waals surface area contributed by atoms with Gasteiger partial charge in [0.25, 0.3) is 0 Å². The molecule has 0 radical (unpaired) electrons. The van der Waals surface area contributed by atoms with Crippen LogP contribution in [0.15, 0.2) is 67.1 Å². The number of rotatable bonds is 4. The molecule has 0 saturated heterocycles. The maximum absolute atomic E-state index is 12.9. The first kappa shape index (κ1) is 15.6. The van der Waals surface area contributed by atoms with Crippen LogP contribution in [0.2, 0.25) is 0 Å². The highest BCUT2D eigenvalue weighted by Gasteiger charge is 2.36. The number of benzene rings is 2. The van der Waals surface area contributed by atoms with Crippen molar-refractivity contribution in [1.29, 1.82) is 0 Å². The van der Waals surface area contributed by atoms with Crippen molar-refractivity contribution >= 4 is 11.6 Å². The molecule has 1 aromatic heterocycles. The number of carbonyl (C=O) groups excluding carboxylic acids is 1. The quantitative estimate of drug-likeness (QED) is 0.773. The number of halogens is 1. The number of anilines is 1. The third-order valence-corrected chi connectivity index (χ3v) is 4.72. The molecule has 126 valence electrons. The summed E-state index contributed by atoms with van der Waals surface area (Å²) in [6.45, 7) is 0. The highest BCUT2D eigenvalue weighted by molar-refractivity contribution is 5.93. The Morgan fingerprint density at radius 2 is 1.80 bits per heavy atom. The van der Waals surface area contributed by atoms with Crippen LogP contribution >= 0.6 is 0 Å². The van der Waals surface area contributed by atoms with Crippen molar-refractivity contribution in [2.75, 3.05) is 5.32 Å². The average molecular weight is 335 g/mol. The van der Waals surface area contributed by atoms with Gasteiger partial charge in [0.15, 0.2) is 0 Å². The molecule has 3 aromatic rings. The topological polar surface area (TPSA) is 46.9 Å². The molecule has 4 nitrogen and oxygen atoms in total. The van der Waals surface area contributed by atoms with E-state index in [-0.39, 0.29) is 23.7 Å². The third kappa shape index (κ3) is 3.18. The molecule has 25 heavy (non-hydrogen) atoms. The fourth-order valence-electron chi connectivity index (χ4n) is 3.23. The van der Waals surface area contributed by atoms with Crippen molar-refractivity contribution in [3.05, 3.63) is 72.9 Å². The smallest absolute Gasteiger partial charge is 0.227 e. The van der Waals surface area contributed by atoms with Crippen LogP contribution in [0, 0.1) is 11.7 Å². The zero-order valence-corrected chi connectivity index (χ0v) is 13.6. The second-order valence-corrected chi connectivity index (χ2v) is 6.37. The standard InChI is InChI=1S/C20H18FN3O/c21-16-6-8-17(9-7-16)23-20(25)15-10-18(11-15)24-13-22-12-19(24)14-4-2-1-3-5-14/h1-9,12-13,15,18H,10-11H2,(H,23,25). The van der Waals surface area contributed by atoms with Gasteiger partial charge in [0, 0.05) is 17.6 Å². The first-order valence-electron chi connectivity index (χ1n) is 8.34. The van der Waals surface area contributed by atoms with Gasteiger partial charge in [-0.05, 0) is 42.7 Å². The molecule has 1 fully saturated rings. The second kappa shape index (κ2) is 6.51. The van der Waals surface area contributed by atoms with Crippen molar-refractivity contribution in [1.82, 2.24) is 9.55 Å². The van der Waals surface area contributed by atoms with Crippen LogP contribution in [0.3, 0.4) is 0 Å². The van der Waals surface area contributed by atoms with Gasteiger partial charge in [-0.1, -0.05) is 30.3 Å². The summed E-state index contributed by atoms with van der Waals surface area (Å²) in [5.41, 5.74) is 2.82. The van der Waals surface area contributed by atoms with Gasteiger partial charge in [-0.15, -0.1) is 0 Å². The molecule has 4 rings (SSSR count). The summed E-state index contributed by atoms with van der Waals surface area (Å²) in [5.74, 6) is -0.347. The zero-order valence-electron chi connectivity index (χ0n) is 13.6. The number of amides is 1. The van der Waals surface area contributed by atoms with E-state index in [0.717, 1.165) is 24.1 Å². The van der Waals surface area contributed by atoms with Crippen LogP contribution in [-0.4, -0.2) is 15.5 Å². The summed E-state index contributed by atoms with van der Waals surface area (Å²) in [4.78, 5) is 16.6. The van der Waals surface area contributed by atoms with Gasteiger partial charge in [-0.3, -0.25) is 4.79 Å². The monoisotopic (exact) mass is 335 g/mol. The Morgan fingerprint density at radius 1 is 1.08 bits per heavy atom. The van der Waals surface area contributed by atoms with Gasteiger partial charge >= 0.3 is 0 Å². The Bertz CT molecular complexity index is 867. The highest BCUT2D eigenvalue weighted by Crippen LogP contribution is 2.40. The predicted molar refractivity (Wildman–Crippen MR) is 94.5 cm³/mol. The molecule has 1 amide bonds. The van der Waals surface area contributed by atoms with Crippen LogP contribution in [0.5, 0.6) is 0 Å². The van der Waals surface area contributed by atoms with Crippen molar-refractivity contribution in [3.63, 3.8) is 0 Å². The number of nitrogens with one attached hydrogen (secondary N) is 1. The molecule has 1 aliphatic rings. The van der Waals surface area contributed by atoms with Crippen molar-refractivity contribution in [3.8, 4) is 11.3 Å². The van der Waals surface area contributed by atoms with Gasteiger partial charge in [0.2, 0.25) is 5.91 Å². The predicted octanol–water partition coefficient (Wildman–Crippen LogP) is 4.28. The van der Waals surface area contributed by atoms with Crippen LogP contribution in [-0.2, 0) is 4.79 Å². The lowest BCUT2D eigenvalue weighted by atomic mass is 9.79. The largest absolute Gasteiger partial charge is 0.327 e. The Balaban J connectivity index is 1.40. The molecule has 0 aliphatic heterocycles. The normalized spacial score (nSPS) is 19.2. The lowest BCUT2D eigenvalue weighted by Gasteiger charge is -2.36. The molecule has 1 heterocycles. The molecular weight excluding hydrogens is 317 g/mol. The third-order valence-electron chi connectivity index (χ3n) is 4.72. The van der Waals surface area contributed by atoms with E-state index in [1.807, 2.05) is 30.7 Å². The van der Waals surface area contributed by atoms with E-state index in [2.05, 4.69) is 27.0 Å². The van der Waals surface area contributed by atoms with E-state index in [0.29, 0.717) is 5.69 Å². The first-order valence-corrected chi connectivity index (χ1v) is 8.34.